The number of benzene rings is 1. The lowest BCUT2D eigenvalue weighted by Crippen LogP contribution is -2.35. The molecule has 0 N–H and O–H groups in total. The predicted octanol–water partition coefficient (Wildman–Crippen LogP) is 3.16. The first kappa shape index (κ1) is 15.1. The van der Waals surface area contributed by atoms with E-state index in [1.54, 1.807) is 13.0 Å². The summed E-state index contributed by atoms with van der Waals surface area (Å²) in [5.74, 6) is 0.479. The molecular formula is C14H17BrN2O3. The molecule has 1 aromatic rings. The molecule has 1 aliphatic rings. The number of hydrogen-bond acceptors (Lipinski definition) is 4. The number of nitrogens with zero attached hydrogens (tertiary/aromatic N) is 2. The number of ketones is 1. The van der Waals surface area contributed by atoms with Gasteiger partial charge >= 0.3 is 0 Å². The van der Waals surface area contributed by atoms with Crippen molar-refractivity contribution < 1.29 is 9.72 Å². The zero-order chi connectivity index (χ0) is 14.7. The molecule has 108 valence electrons. The van der Waals surface area contributed by atoms with Gasteiger partial charge in [-0.1, -0.05) is 15.9 Å². The Kier molecular flexibility index (Phi) is 4.88. The van der Waals surface area contributed by atoms with E-state index in [0.29, 0.717) is 0 Å². The van der Waals surface area contributed by atoms with Crippen LogP contribution in [0.2, 0.25) is 0 Å². The zero-order valence-electron chi connectivity index (χ0n) is 11.3. The van der Waals surface area contributed by atoms with Crippen LogP contribution in [-0.4, -0.2) is 28.7 Å². The van der Waals surface area contributed by atoms with Crippen molar-refractivity contribution in [2.45, 2.75) is 26.3 Å². The summed E-state index contributed by atoms with van der Waals surface area (Å²) in [6.45, 7) is 4.21. The van der Waals surface area contributed by atoms with Crippen molar-refractivity contribution in [2.24, 2.45) is 5.92 Å². The molecule has 0 spiro atoms. The Labute approximate surface area is 126 Å². The maximum absolute atomic E-state index is 11.3. The molecule has 1 saturated heterocycles. The molecule has 2 rings (SSSR count). The van der Waals surface area contributed by atoms with E-state index in [1.165, 1.54) is 12.1 Å². The molecule has 1 aliphatic heterocycles. The minimum Gasteiger partial charge on any atom is -0.300 e. The molecule has 0 bridgehead atoms. The van der Waals surface area contributed by atoms with Crippen LogP contribution in [0, 0.1) is 16.0 Å². The summed E-state index contributed by atoms with van der Waals surface area (Å²) < 4.78 is 0.764. The van der Waals surface area contributed by atoms with Gasteiger partial charge in [-0.2, -0.15) is 0 Å². The van der Waals surface area contributed by atoms with Gasteiger partial charge in [-0.15, -0.1) is 0 Å². The molecule has 0 radical (unpaired) electrons. The summed E-state index contributed by atoms with van der Waals surface area (Å²) in [7, 11) is 0. The van der Waals surface area contributed by atoms with Gasteiger partial charge in [0.05, 0.1) is 4.92 Å². The highest BCUT2D eigenvalue weighted by Crippen LogP contribution is 2.26. The number of nitro benzene ring substituents is 1. The van der Waals surface area contributed by atoms with Gasteiger partial charge in [0.1, 0.15) is 5.78 Å². The number of Topliss-reactive ketones (excluding diaryl/α,β-unsaturated/α-hetero) is 1. The van der Waals surface area contributed by atoms with E-state index in [2.05, 4.69) is 20.8 Å². The highest BCUT2D eigenvalue weighted by molar-refractivity contribution is 9.10. The van der Waals surface area contributed by atoms with Crippen molar-refractivity contribution in [3.63, 3.8) is 0 Å². The predicted molar refractivity (Wildman–Crippen MR) is 79.5 cm³/mol. The second-order valence-electron chi connectivity index (χ2n) is 5.19. The summed E-state index contributed by atoms with van der Waals surface area (Å²) in [6, 6.07) is 4.86. The van der Waals surface area contributed by atoms with Crippen LogP contribution in [-0.2, 0) is 11.3 Å². The lowest BCUT2D eigenvalue weighted by molar-refractivity contribution is -0.384. The fourth-order valence-electron chi connectivity index (χ4n) is 2.52. The summed E-state index contributed by atoms with van der Waals surface area (Å²) in [5, 5.41) is 10.7. The van der Waals surface area contributed by atoms with E-state index in [-0.39, 0.29) is 17.4 Å². The Morgan fingerprint density at radius 1 is 1.45 bits per heavy atom. The van der Waals surface area contributed by atoms with Gasteiger partial charge in [0.25, 0.3) is 5.69 Å². The lowest BCUT2D eigenvalue weighted by atomic mass is 9.93. The minimum absolute atomic E-state index is 0.0934. The highest BCUT2D eigenvalue weighted by Gasteiger charge is 2.22. The normalized spacial score (nSPS) is 17.1. The maximum Gasteiger partial charge on any atom is 0.270 e. The first-order chi connectivity index (χ1) is 9.47. The molecule has 0 saturated carbocycles. The van der Waals surface area contributed by atoms with Gasteiger partial charge in [0, 0.05) is 29.1 Å². The van der Waals surface area contributed by atoms with Crippen molar-refractivity contribution in [3.8, 4) is 0 Å². The Balaban J connectivity index is 1.98. The van der Waals surface area contributed by atoms with Crippen molar-refractivity contribution in [3.05, 3.63) is 38.3 Å². The summed E-state index contributed by atoms with van der Waals surface area (Å²) in [6.07, 6.45) is 1.81. The quantitative estimate of drug-likeness (QED) is 0.623. The van der Waals surface area contributed by atoms with Crippen LogP contribution in [0.15, 0.2) is 22.7 Å². The monoisotopic (exact) mass is 340 g/mol. The fraction of sp³-hybridized carbons (Fsp3) is 0.500. The number of piperidine rings is 1. The van der Waals surface area contributed by atoms with E-state index >= 15 is 0 Å². The number of carbonyl (C=O) groups excluding carboxylic acids is 1. The van der Waals surface area contributed by atoms with E-state index in [1.807, 2.05) is 0 Å². The Hall–Kier alpha value is -1.27. The van der Waals surface area contributed by atoms with E-state index < -0.39 is 4.92 Å². The third-order valence-electron chi connectivity index (χ3n) is 3.80. The van der Waals surface area contributed by atoms with Gasteiger partial charge in [0.2, 0.25) is 0 Å². The summed E-state index contributed by atoms with van der Waals surface area (Å²) >= 11 is 3.39. The molecule has 0 aromatic heterocycles. The molecule has 1 heterocycles. The third-order valence-corrected chi connectivity index (χ3v) is 4.54. The second kappa shape index (κ2) is 6.45. The third kappa shape index (κ3) is 3.64. The van der Waals surface area contributed by atoms with Crippen LogP contribution in [0.5, 0.6) is 0 Å². The molecule has 0 amide bonds. The van der Waals surface area contributed by atoms with E-state index in [4.69, 9.17) is 0 Å². The van der Waals surface area contributed by atoms with Crippen LogP contribution in [0.1, 0.15) is 25.3 Å². The zero-order valence-corrected chi connectivity index (χ0v) is 12.9. The van der Waals surface area contributed by atoms with Crippen LogP contribution < -0.4 is 0 Å². The smallest absolute Gasteiger partial charge is 0.270 e. The van der Waals surface area contributed by atoms with Crippen molar-refractivity contribution in [2.75, 3.05) is 13.1 Å². The first-order valence-corrected chi connectivity index (χ1v) is 7.42. The first-order valence-electron chi connectivity index (χ1n) is 6.63. The average molecular weight is 341 g/mol. The van der Waals surface area contributed by atoms with Gasteiger partial charge < -0.3 is 0 Å². The Morgan fingerprint density at radius 2 is 2.10 bits per heavy atom. The van der Waals surface area contributed by atoms with Crippen LogP contribution in [0.4, 0.5) is 5.69 Å². The number of carbonyl (C=O) groups is 1. The lowest BCUT2D eigenvalue weighted by Gasteiger charge is -2.30. The van der Waals surface area contributed by atoms with E-state index in [0.717, 1.165) is 42.5 Å². The topological polar surface area (TPSA) is 63.5 Å². The summed E-state index contributed by atoms with van der Waals surface area (Å²) in [5.41, 5.74) is 1.13. The van der Waals surface area contributed by atoms with Gasteiger partial charge in [-0.05, 0) is 44.5 Å². The number of rotatable bonds is 4. The van der Waals surface area contributed by atoms with E-state index in [9.17, 15) is 14.9 Å². The second-order valence-corrected chi connectivity index (χ2v) is 6.05. The molecular weight excluding hydrogens is 324 g/mol. The fourth-order valence-corrected chi connectivity index (χ4v) is 3.01. The van der Waals surface area contributed by atoms with Crippen LogP contribution >= 0.6 is 15.9 Å². The van der Waals surface area contributed by atoms with Crippen molar-refractivity contribution in [1.29, 1.82) is 0 Å². The maximum atomic E-state index is 11.3. The molecule has 1 fully saturated rings. The molecule has 0 atom stereocenters. The summed E-state index contributed by atoms with van der Waals surface area (Å²) in [4.78, 5) is 23.9. The van der Waals surface area contributed by atoms with Crippen LogP contribution in [0.3, 0.4) is 0 Å². The number of halogens is 1. The van der Waals surface area contributed by atoms with Gasteiger partial charge in [0.15, 0.2) is 0 Å². The van der Waals surface area contributed by atoms with Gasteiger partial charge in [-0.25, -0.2) is 0 Å². The van der Waals surface area contributed by atoms with Crippen molar-refractivity contribution in [1.82, 2.24) is 4.90 Å². The highest BCUT2D eigenvalue weighted by atomic mass is 79.9. The Morgan fingerprint density at radius 3 is 2.60 bits per heavy atom. The van der Waals surface area contributed by atoms with Crippen molar-refractivity contribution >= 4 is 27.4 Å². The Bertz CT molecular complexity index is 525. The molecule has 0 aliphatic carbocycles. The molecule has 6 heteroatoms. The molecule has 0 unspecified atom stereocenters. The molecule has 1 aromatic carbocycles. The SMILES string of the molecule is CC(=O)C1CCN(Cc2ccc([N+](=O)[O-])cc2Br)CC1. The molecule has 20 heavy (non-hydrogen) atoms. The minimum atomic E-state index is -0.396. The van der Waals surface area contributed by atoms with Crippen LogP contribution in [0.25, 0.3) is 0 Å². The standard InChI is InChI=1S/C14H17BrN2O3/c1-10(18)11-4-6-16(7-5-11)9-12-2-3-13(17(19)20)8-14(12)15/h2-3,8,11H,4-7,9H2,1H3. The number of non-ortho nitro benzene ring substituents is 1. The average Bonchev–Trinajstić information content (AvgIpc) is 2.41. The number of hydrogen-bond donors (Lipinski definition) is 0. The number of likely N-dealkylation sites (tertiary alicyclic amines) is 1. The number of nitro groups is 1. The van der Waals surface area contributed by atoms with Gasteiger partial charge in [-0.3, -0.25) is 19.8 Å². The molecule has 5 nitrogen and oxygen atoms in total. The largest absolute Gasteiger partial charge is 0.300 e.